The van der Waals surface area contributed by atoms with Crippen molar-refractivity contribution in [3.05, 3.63) is 29.6 Å². The molecule has 0 aliphatic carbocycles. The first-order valence-electron chi connectivity index (χ1n) is 5.86. The van der Waals surface area contributed by atoms with Crippen LogP contribution in [-0.4, -0.2) is 30.3 Å². The van der Waals surface area contributed by atoms with E-state index >= 15 is 0 Å². The number of benzene rings is 1. The van der Waals surface area contributed by atoms with E-state index in [4.69, 9.17) is 9.84 Å². The summed E-state index contributed by atoms with van der Waals surface area (Å²) in [5, 5.41) is 11.5. The number of amides is 1. The van der Waals surface area contributed by atoms with Gasteiger partial charge in [-0.1, -0.05) is 13.0 Å². The summed E-state index contributed by atoms with van der Waals surface area (Å²) >= 11 is 0. The lowest BCUT2D eigenvalue weighted by atomic mass is 10.2. The molecular weight excluding hydrogens is 237 g/mol. The van der Waals surface area contributed by atoms with Gasteiger partial charge in [-0.3, -0.25) is 4.79 Å². The third kappa shape index (κ3) is 4.33. The van der Waals surface area contributed by atoms with E-state index in [2.05, 4.69) is 5.32 Å². The smallest absolute Gasteiger partial charge is 0.258 e. The minimum atomic E-state index is -0.498. The number of hydrogen-bond acceptors (Lipinski definition) is 3. The lowest BCUT2D eigenvalue weighted by Gasteiger charge is -2.14. The van der Waals surface area contributed by atoms with Crippen molar-refractivity contribution < 1.29 is 19.0 Å². The van der Waals surface area contributed by atoms with E-state index in [0.29, 0.717) is 6.42 Å². The first-order chi connectivity index (χ1) is 8.56. The molecule has 0 saturated heterocycles. The van der Waals surface area contributed by atoms with Crippen LogP contribution < -0.4 is 10.1 Å². The van der Waals surface area contributed by atoms with Crippen LogP contribution in [0.1, 0.15) is 18.9 Å². The highest BCUT2D eigenvalue weighted by Crippen LogP contribution is 2.17. The lowest BCUT2D eigenvalue weighted by molar-refractivity contribution is -0.124. The average Bonchev–Trinajstić information content (AvgIpc) is 2.37. The fraction of sp³-hybridized carbons (Fsp3) is 0.462. The molecule has 5 heteroatoms. The second kappa shape index (κ2) is 6.96. The van der Waals surface area contributed by atoms with Crippen molar-refractivity contribution >= 4 is 5.91 Å². The number of hydrogen-bond donors (Lipinski definition) is 2. The Balaban J connectivity index is 2.49. The normalized spacial score (nSPS) is 12.0. The number of aliphatic hydroxyl groups excluding tert-OH is 1. The zero-order valence-corrected chi connectivity index (χ0v) is 10.6. The van der Waals surface area contributed by atoms with Gasteiger partial charge < -0.3 is 15.2 Å². The van der Waals surface area contributed by atoms with E-state index in [9.17, 15) is 9.18 Å². The minimum absolute atomic E-state index is 0.0576. The molecule has 1 unspecified atom stereocenters. The highest BCUT2D eigenvalue weighted by atomic mass is 19.1. The summed E-state index contributed by atoms with van der Waals surface area (Å²) in [4.78, 5) is 11.5. The standard InChI is InChI=1S/C13H18FNO3/c1-3-10(7-16)15-13(17)8-18-12-6-9(2)4-5-11(12)14/h4-6,10,16H,3,7-8H2,1-2H3,(H,15,17). The lowest BCUT2D eigenvalue weighted by Crippen LogP contribution is -2.39. The molecular formula is C13H18FNO3. The molecule has 18 heavy (non-hydrogen) atoms. The highest BCUT2D eigenvalue weighted by Gasteiger charge is 2.11. The number of rotatable bonds is 6. The Hall–Kier alpha value is -1.62. The number of aliphatic hydroxyl groups is 1. The van der Waals surface area contributed by atoms with Crippen molar-refractivity contribution in [2.45, 2.75) is 26.3 Å². The second-order valence-corrected chi connectivity index (χ2v) is 4.08. The third-order valence-corrected chi connectivity index (χ3v) is 2.52. The van der Waals surface area contributed by atoms with Gasteiger partial charge >= 0.3 is 0 Å². The number of nitrogens with one attached hydrogen (secondary N) is 1. The number of carbonyl (C=O) groups excluding carboxylic acids is 1. The van der Waals surface area contributed by atoms with Crippen molar-refractivity contribution in [2.24, 2.45) is 0 Å². The molecule has 2 N–H and O–H groups in total. The maximum Gasteiger partial charge on any atom is 0.258 e. The van der Waals surface area contributed by atoms with Gasteiger partial charge in [0.15, 0.2) is 18.2 Å². The van der Waals surface area contributed by atoms with Crippen LogP contribution in [0.15, 0.2) is 18.2 Å². The Kier molecular flexibility index (Phi) is 5.58. The first kappa shape index (κ1) is 14.4. The second-order valence-electron chi connectivity index (χ2n) is 4.08. The quantitative estimate of drug-likeness (QED) is 0.807. The fourth-order valence-corrected chi connectivity index (χ4v) is 1.41. The Morgan fingerprint density at radius 3 is 2.89 bits per heavy atom. The van der Waals surface area contributed by atoms with Gasteiger partial charge in [0.1, 0.15) is 0 Å². The Morgan fingerprint density at radius 2 is 2.28 bits per heavy atom. The van der Waals surface area contributed by atoms with Gasteiger partial charge in [-0.2, -0.15) is 0 Å². The summed E-state index contributed by atoms with van der Waals surface area (Å²) in [6.07, 6.45) is 0.626. The molecule has 1 amide bonds. The molecule has 4 nitrogen and oxygen atoms in total. The van der Waals surface area contributed by atoms with E-state index in [1.807, 2.05) is 13.8 Å². The van der Waals surface area contributed by atoms with Crippen LogP contribution in [0.4, 0.5) is 4.39 Å². The maximum atomic E-state index is 13.3. The van der Waals surface area contributed by atoms with Crippen LogP contribution in [0, 0.1) is 12.7 Å². The van der Waals surface area contributed by atoms with Gasteiger partial charge in [-0.25, -0.2) is 4.39 Å². The van der Waals surface area contributed by atoms with Crippen LogP contribution in [0.25, 0.3) is 0 Å². The molecule has 0 aliphatic rings. The summed E-state index contributed by atoms with van der Waals surface area (Å²) in [5.74, 6) is -0.818. The Labute approximate surface area is 106 Å². The van der Waals surface area contributed by atoms with Gasteiger partial charge in [-0.15, -0.1) is 0 Å². The van der Waals surface area contributed by atoms with E-state index < -0.39 is 5.82 Å². The van der Waals surface area contributed by atoms with Crippen LogP contribution in [0.5, 0.6) is 5.75 Å². The van der Waals surface area contributed by atoms with Crippen LogP contribution >= 0.6 is 0 Å². The van der Waals surface area contributed by atoms with E-state index in [0.717, 1.165) is 5.56 Å². The average molecular weight is 255 g/mol. The zero-order chi connectivity index (χ0) is 13.5. The summed E-state index contributed by atoms with van der Waals surface area (Å²) in [5.41, 5.74) is 0.855. The van der Waals surface area contributed by atoms with Crippen molar-refractivity contribution in [3.63, 3.8) is 0 Å². The molecule has 1 aromatic rings. The number of carbonyl (C=O) groups is 1. The monoisotopic (exact) mass is 255 g/mol. The van der Waals surface area contributed by atoms with E-state index in [1.54, 1.807) is 6.07 Å². The zero-order valence-electron chi connectivity index (χ0n) is 10.6. The molecule has 0 aromatic heterocycles. The summed E-state index contributed by atoms with van der Waals surface area (Å²) in [7, 11) is 0. The summed E-state index contributed by atoms with van der Waals surface area (Å²) in [6.45, 7) is 3.27. The van der Waals surface area contributed by atoms with E-state index in [-0.39, 0.29) is 30.9 Å². The van der Waals surface area contributed by atoms with Crippen molar-refractivity contribution in [3.8, 4) is 5.75 Å². The molecule has 0 bridgehead atoms. The Bertz CT molecular complexity index is 405. The predicted octanol–water partition coefficient (Wildman–Crippen LogP) is 1.40. The molecule has 100 valence electrons. The summed E-state index contributed by atoms with van der Waals surface area (Å²) in [6, 6.07) is 4.17. The number of aryl methyl sites for hydroxylation is 1. The topological polar surface area (TPSA) is 58.6 Å². The van der Waals surface area contributed by atoms with Crippen LogP contribution in [-0.2, 0) is 4.79 Å². The third-order valence-electron chi connectivity index (χ3n) is 2.52. The fourth-order valence-electron chi connectivity index (χ4n) is 1.41. The van der Waals surface area contributed by atoms with Gasteiger partial charge in [0.2, 0.25) is 0 Å². The molecule has 0 spiro atoms. The number of ether oxygens (including phenoxy) is 1. The van der Waals surface area contributed by atoms with Gasteiger partial charge in [0, 0.05) is 0 Å². The van der Waals surface area contributed by atoms with E-state index in [1.165, 1.54) is 12.1 Å². The van der Waals surface area contributed by atoms with Crippen molar-refractivity contribution in [1.29, 1.82) is 0 Å². The van der Waals surface area contributed by atoms with Gasteiger partial charge in [-0.05, 0) is 31.0 Å². The maximum absolute atomic E-state index is 13.3. The predicted molar refractivity (Wildman–Crippen MR) is 65.9 cm³/mol. The molecule has 0 saturated carbocycles. The minimum Gasteiger partial charge on any atom is -0.481 e. The van der Waals surface area contributed by atoms with Crippen LogP contribution in [0.3, 0.4) is 0 Å². The van der Waals surface area contributed by atoms with Crippen molar-refractivity contribution in [2.75, 3.05) is 13.2 Å². The molecule has 0 heterocycles. The molecule has 0 aliphatic heterocycles. The summed E-state index contributed by atoms with van der Waals surface area (Å²) < 4.78 is 18.4. The molecule has 1 atom stereocenters. The van der Waals surface area contributed by atoms with Crippen LogP contribution in [0.2, 0.25) is 0 Å². The molecule has 0 fully saturated rings. The molecule has 1 rings (SSSR count). The van der Waals surface area contributed by atoms with Gasteiger partial charge in [0.25, 0.3) is 5.91 Å². The highest BCUT2D eigenvalue weighted by molar-refractivity contribution is 5.77. The SMILES string of the molecule is CCC(CO)NC(=O)COc1cc(C)ccc1F. The Morgan fingerprint density at radius 1 is 1.56 bits per heavy atom. The van der Waals surface area contributed by atoms with Crippen molar-refractivity contribution in [1.82, 2.24) is 5.32 Å². The largest absolute Gasteiger partial charge is 0.481 e. The number of halogens is 1. The molecule has 0 radical (unpaired) electrons. The van der Waals surface area contributed by atoms with Gasteiger partial charge in [0.05, 0.1) is 12.6 Å². The molecule has 1 aromatic carbocycles. The first-order valence-corrected chi connectivity index (χ1v) is 5.86.